The van der Waals surface area contributed by atoms with Gasteiger partial charge < -0.3 is 14.8 Å². The fourth-order valence-electron chi connectivity index (χ4n) is 4.51. The number of carbonyl (C=O) groups excluding carboxylic acids is 2. The number of thiophene rings is 1. The first-order valence-electron chi connectivity index (χ1n) is 11.1. The van der Waals surface area contributed by atoms with Crippen LogP contribution in [0.5, 0.6) is 0 Å². The summed E-state index contributed by atoms with van der Waals surface area (Å²) >= 11 is 1.17. The Balaban J connectivity index is 1.75. The SMILES string of the molecule is COCOCc1csc2c1S(=O)(=O)N=C(C1C(=O)c3ccccc3[C@@](C)(CCC(C)C)C1=O)N2. The molecule has 1 aromatic carbocycles. The smallest absolute Gasteiger partial charge is 0.287 e. The van der Waals surface area contributed by atoms with Gasteiger partial charge in [0.1, 0.15) is 28.4 Å². The zero-order chi connectivity index (χ0) is 24.7. The maximum atomic E-state index is 13.9. The van der Waals surface area contributed by atoms with Crippen molar-refractivity contribution in [3.05, 3.63) is 46.3 Å². The van der Waals surface area contributed by atoms with Gasteiger partial charge in [0.05, 0.1) is 12.0 Å². The van der Waals surface area contributed by atoms with E-state index in [0.29, 0.717) is 34.0 Å². The molecule has 1 unspecified atom stereocenters. The van der Waals surface area contributed by atoms with Crippen molar-refractivity contribution in [2.24, 2.45) is 16.2 Å². The van der Waals surface area contributed by atoms with E-state index in [9.17, 15) is 18.0 Å². The number of amidine groups is 1. The van der Waals surface area contributed by atoms with E-state index < -0.39 is 27.1 Å². The van der Waals surface area contributed by atoms with Crippen molar-refractivity contribution in [3.8, 4) is 0 Å². The average molecular weight is 505 g/mol. The number of ether oxygens (including phenoxy) is 2. The molecule has 4 rings (SSSR count). The van der Waals surface area contributed by atoms with Gasteiger partial charge in [0.25, 0.3) is 10.0 Å². The third-order valence-electron chi connectivity index (χ3n) is 6.34. The summed E-state index contributed by atoms with van der Waals surface area (Å²) in [5.74, 6) is -1.86. The fourth-order valence-corrected chi connectivity index (χ4v) is 7.13. The Kier molecular flexibility index (Phi) is 6.78. The van der Waals surface area contributed by atoms with Gasteiger partial charge in [-0.3, -0.25) is 9.59 Å². The molecule has 2 atom stereocenters. The van der Waals surface area contributed by atoms with Crippen LogP contribution in [0.1, 0.15) is 55.1 Å². The van der Waals surface area contributed by atoms with E-state index >= 15 is 0 Å². The first-order chi connectivity index (χ1) is 16.1. The molecule has 0 radical (unpaired) electrons. The molecule has 0 saturated carbocycles. The predicted octanol–water partition coefficient (Wildman–Crippen LogP) is 4.16. The minimum absolute atomic E-state index is 0.0102. The van der Waals surface area contributed by atoms with Crippen LogP contribution >= 0.6 is 11.3 Å². The normalized spacial score (nSPS) is 23.3. The number of rotatable bonds is 8. The lowest BCUT2D eigenvalue weighted by Gasteiger charge is -2.38. The van der Waals surface area contributed by atoms with Gasteiger partial charge in [-0.2, -0.15) is 8.42 Å². The number of nitrogens with one attached hydrogen (secondary N) is 1. The third-order valence-corrected chi connectivity index (χ3v) is 8.84. The van der Waals surface area contributed by atoms with Crippen molar-refractivity contribution in [1.82, 2.24) is 0 Å². The van der Waals surface area contributed by atoms with Crippen LogP contribution in [0, 0.1) is 11.8 Å². The lowest BCUT2D eigenvalue weighted by atomic mass is 9.63. The first-order valence-corrected chi connectivity index (χ1v) is 13.4. The van der Waals surface area contributed by atoms with Crippen molar-refractivity contribution in [3.63, 3.8) is 0 Å². The molecule has 34 heavy (non-hydrogen) atoms. The van der Waals surface area contributed by atoms with Crippen LogP contribution in [-0.2, 0) is 36.3 Å². The molecule has 0 amide bonds. The molecule has 1 aliphatic carbocycles. The van der Waals surface area contributed by atoms with Gasteiger partial charge in [0.15, 0.2) is 11.6 Å². The average Bonchev–Trinajstić information content (AvgIpc) is 3.20. The Hall–Kier alpha value is -2.40. The maximum Gasteiger partial charge on any atom is 0.287 e. The molecule has 0 bridgehead atoms. The molecule has 0 fully saturated rings. The lowest BCUT2D eigenvalue weighted by molar-refractivity contribution is -0.125. The molecule has 0 spiro atoms. The third kappa shape index (κ3) is 4.24. The molecular weight excluding hydrogens is 476 g/mol. The van der Waals surface area contributed by atoms with Crippen LogP contribution in [0.25, 0.3) is 0 Å². The molecule has 2 aromatic rings. The monoisotopic (exact) mass is 504 g/mol. The van der Waals surface area contributed by atoms with Crippen LogP contribution in [0.3, 0.4) is 0 Å². The highest BCUT2D eigenvalue weighted by Crippen LogP contribution is 2.44. The van der Waals surface area contributed by atoms with Crippen LogP contribution in [0.4, 0.5) is 5.00 Å². The van der Waals surface area contributed by atoms with E-state index in [1.165, 1.54) is 18.4 Å². The number of Topliss-reactive ketones (excluding diaryl/α,β-unsaturated/α-hetero) is 2. The van der Waals surface area contributed by atoms with Crippen molar-refractivity contribution < 1.29 is 27.5 Å². The van der Waals surface area contributed by atoms with Crippen LogP contribution < -0.4 is 5.32 Å². The van der Waals surface area contributed by atoms with E-state index in [0.717, 1.165) is 6.42 Å². The fraction of sp³-hybridized carbons (Fsp3) is 0.458. The lowest BCUT2D eigenvalue weighted by Crippen LogP contribution is -2.51. The standard InChI is InChI=1S/C24H28N2O6S2/c1-14(2)9-10-24(3)17-8-6-5-7-16(17)19(27)18(21(24)28)22-25-23-20(34(29,30)26-22)15(12-33-23)11-32-13-31-4/h5-8,12,14,18H,9-11,13H2,1-4H3,(H,25,26)/t18?,24-/m1/s1. The first kappa shape index (κ1) is 24.7. The maximum absolute atomic E-state index is 13.9. The Labute approximate surface area is 203 Å². The van der Waals surface area contributed by atoms with Gasteiger partial charge in [0, 0.05) is 18.2 Å². The Bertz CT molecular complexity index is 1260. The van der Waals surface area contributed by atoms with E-state index in [1.54, 1.807) is 17.5 Å². The number of nitrogens with zero attached hydrogens (tertiary/aromatic N) is 1. The molecule has 0 saturated heterocycles. The topological polar surface area (TPSA) is 111 Å². The largest absolute Gasteiger partial charge is 0.359 e. The number of carbonyl (C=O) groups is 2. The number of ketones is 2. The zero-order valence-electron chi connectivity index (χ0n) is 19.6. The number of hydrogen-bond acceptors (Lipinski definition) is 8. The number of anilines is 1. The number of hydrogen-bond donors (Lipinski definition) is 1. The van der Waals surface area contributed by atoms with Gasteiger partial charge in [-0.05, 0) is 36.6 Å². The van der Waals surface area contributed by atoms with Crippen LogP contribution in [-0.4, -0.2) is 39.7 Å². The number of sulfonamides is 1. The van der Waals surface area contributed by atoms with Gasteiger partial charge in [-0.25, -0.2) is 0 Å². The van der Waals surface area contributed by atoms with Crippen LogP contribution in [0.2, 0.25) is 0 Å². The zero-order valence-corrected chi connectivity index (χ0v) is 21.2. The van der Waals surface area contributed by atoms with E-state index in [-0.39, 0.29) is 29.9 Å². The van der Waals surface area contributed by atoms with Gasteiger partial charge >= 0.3 is 0 Å². The molecule has 1 aliphatic heterocycles. The summed E-state index contributed by atoms with van der Waals surface area (Å²) in [5, 5.41) is 4.97. The number of methoxy groups -OCH3 is 1. The van der Waals surface area contributed by atoms with Crippen LogP contribution in [0.15, 0.2) is 38.9 Å². The van der Waals surface area contributed by atoms with E-state index in [2.05, 4.69) is 23.6 Å². The molecule has 1 aromatic heterocycles. The summed E-state index contributed by atoms with van der Waals surface area (Å²) in [7, 11) is -2.67. The molecule has 10 heteroatoms. The van der Waals surface area contributed by atoms with Gasteiger partial charge in [-0.15, -0.1) is 15.7 Å². The molecule has 8 nitrogen and oxygen atoms in total. The predicted molar refractivity (Wildman–Crippen MR) is 130 cm³/mol. The molecule has 2 heterocycles. The Morgan fingerprint density at radius 2 is 1.97 bits per heavy atom. The summed E-state index contributed by atoms with van der Waals surface area (Å²) in [4.78, 5) is 27.4. The summed E-state index contributed by atoms with van der Waals surface area (Å²) in [5.41, 5.74) is 0.643. The molecule has 2 aliphatic rings. The van der Waals surface area contributed by atoms with E-state index in [1.807, 2.05) is 19.1 Å². The Morgan fingerprint density at radius 1 is 1.24 bits per heavy atom. The molecule has 1 N–H and O–H groups in total. The molecule has 182 valence electrons. The number of benzene rings is 1. The summed E-state index contributed by atoms with van der Waals surface area (Å²) < 4.78 is 40.4. The highest BCUT2D eigenvalue weighted by Gasteiger charge is 2.51. The van der Waals surface area contributed by atoms with E-state index in [4.69, 9.17) is 9.47 Å². The second-order valence-corrected chi connectivity index (χ2v) is 11.6. The highest BCUT2D eigenvalue weighted by molar-refractivity contribution is 7.90. The van der Waals surface area contributed by atoms with Crippen molar-refractivity contribution >= 4 is 43.8 Å². The van der Waals surface area contributed by atoms with Crippen molar-refractivity contribution in [1.29, 1.82) is 0 Å². The number of fused-ring (bicyclic) bond motifs is 2. The minimum Gasteiger partial charge on any atom is -0.359 e. The Morgan fingerprint density at radius 3 is 2.68 bits per heavy atom. The summed E-state index contributed by atoms with van der Waals surface area (Å²) in [6.45, 7) is 6.06. The highest BCUT2D eigenvalue weighted by atomic mass is 32.2. The quantitative estimate of drug-likeness (QED) is 0.326. The minimum atomic E-state index is -4.14. The second kappa shape index (κ2) is 9.33. The van der Waals surface area contributed by atoms with Crippen molar-refractivity contribution in [2.75, 3.05) is 19.2 Å². The second-order valence-electron chi connectivity index (χ2n) is 9.22. The van der Waals surface area contributed by atoms with Gasteiger partial charge in [0.2, 0.25) is 0 Å². The van der Waals surface area contributed by atoms with Gasteiger partial charge in [-0.1, -0.05) is 38.1 Å². The molecular formula is C24H28N2O6S2. The summed E-state index contributed by atoms with van der Waals surface area (Å²) in [6.07, 6.45) is 1.34. The summed E-state index contributed by atoms with van der Waals surface area (Å²) in [6, 6.07) is 7.09. The van der Waals surface area contributed by atoms with Crippen molar-refractivity contribution in [2.45, 2.75) is 50.5 Å².